The van der Waals surface area contributed by atoms with Crippen LogP contribution in [0.2, 0.25) is 0 Å². The first-order valence-corrected chi connectivity index (χ1v) is 9.02. The van der Waals surface area contributed by atoms with Crippen LogP contribution in [0.15, 0.2) is 60.7 Å². The average molecular weight is 328 g/mol. The van der Waals surface area contributed by atoms with Gasteiger partial charge in [0.05, 0.1) is 13.2 Å². The highest BCUT2D eigenvalue weighted by molar-refractivity contribution is 5.29. The van der Waals surface area contributed by atoms with Gasteiger partial charge in [-0.15, -0.1) is 0 Å². The third kappa shape index (κ3) is 6.44. The maximum Gasteiger partial charge on any atom is 0.126 e. The largest absolute Gasteiger partial charge is 0.385 e. The third-order valence-corrected chi connectivity index (χ3v) is 4.11. The Morgan fingerprint density at radius 2 is 1.50 bits per heavy atom. The van der Waals surface area contributed by atoms with Gasteiger partial charge in [0.15, 0.2) is 0 Å². The molecule has 130 valence electrons. The second-order valence-electron chi connectivity index (χ2n) is 6.21. The van der Waals surface area contributed by atoms with Gasteiger partial charge in [0.25, 0.3) is 0 Å². The standard InChI is InChI=1S/C21H29NO2/c1-2-3-10-15-22-16-20(23)17-24-21(18-11-6-4-7-12-18)19-13-8-5-9-14-19/h4-9,11-14,20-23H,2-3,10,15-17H2,1H3/p+1/t20-/m0/s1. The fraction of sp³-hybridized carbons (Fsp3) is 0.429. The highest BCUT2D eigenvalue weighted by atomic mass is 16.5. The van der Waals surface area contributed by atoms with Gasteiger partial charge in [-0.1, -0.05) is 74.0 Å². The van der Waals surface area contributed by atoms with E-state index in [1.165, 1.54) is 19.3 Å². The Kier molecular flexibility index (Phi) is 8.53. The lowest BCUT2D eigenvalue weighted by Crippen LogP contribution is -2.86. The Morgan fingerprint density at radius 1 is 0.917 bits per heavy atom. The predicted molar refractivity (Wildman–Crippen MR) is 97.9 cm³/mol. The molecule has 0 saturated carbocycles. The second-order valence-corrected chi connectivity index (χ2v) is 6.21. The number of nitrogens with two attached hydrogens (primary N) is 1. The van der Waals surface area contributed by atoms with Crippen molar-refractivity contribution in [3.05, 3.63) is 71.8 Å². The zero-order valence-corrected chi connectivity index (χ0v) is 14.6. The first-order valence-electron chi connectivity index (χ1n) is 9.02. The molecule has 0 aromatic heterocycles. The van der Waals surface area contributed by atoms with Crippen molar-refractivity contribution in [1.82, 2.24) is 0 Å². The fourth-order valence-electron chi connectivity index (χ4n) is 2.76. The summed E-state index contributed by atoms with van der Waals surface area (Å²) in [6, 6.07) is 20.4. The van der Waals surface area contributed by atoms with Crippen LogP contribution in [-0.4, -0.2) is 30.9 Å². The molecule has 0 bridgehead atoms. The van der Waals surface area contributed by atoms with Crippen molar-refractivity contribution in [3.63, 3.8) is 0 Å². The third-order valence-electron chi connectivity index (χ3n) is 4.11. The molecule has 0 fully saturated rings. The maximum atomic E-state index is 10.2. The molecule has 3 heteroatoms. The Labute approximate surface area is 145 Å². The number of benzene rings is 2. The van der Waals surface area contributed by atoms with E-state index in [1.807, 2.05) is 36.4 Å². The molecule has 0 saturated heterocycles. The lowest BCUT2D eigenvalue weighted by Gasteiger charge is -2.20. The van der Waals surface area contributed by atoms with Crippen LogP contribution in [0.1, 0.15) is 43.4 Å². The lowest BCUT2D eigenvalue weighted by molar-refractivity contribution is -0.661. The summed E-state index contributed by atoms with van der Waals surface area (Å²) >= 11 is 0. The molecule has 0 radical (unpaired) electrons. The molecular weight excluding hydrogens is 298 g/mol. The summed E-state index contributed by atoms with van der Waals surface area (Å²) in [5, 5.41) is 12.4. The van der Waals surface area contributed by atoms with Crippen molar-refractivity contribution < 1.29 is 15.2 Å². The average Bonchev–Trinajstić information content (AvgIpc) is 2.63. The van der Waals surface area contributed by atoms with E-state index < -0.39 is 6.10 Å². The number of rotatable bonds is 11. The summed E-state index contributed by atoms with van der Waals surface area (Å²) in [6.45, 7) is 4.32. The first kappa shape index (κ1) is 18.7. The highest BCUT2D eigenvalue weighted by Crippen LogP contribution is 2.25. The molecule has 0 amide bonds. The lowest BCUT2D eigenvalue weighted by atomic mass is 10.0. The maximum absolute atomic E-state index is 10.2. The van der Waals surface area contributed by atoms with Gasteiger partial charge in [-0.25, -0.2) is 0 Å². The van der Waals surface area contributed by atoms with Gasteiger partial charge in [-0.3, -0.25) is 0 Å². The molecule has 1 atom stereocenters. The number of aliphatic hydroxyl groups is 1. The minimum absolute atomic E-state index is 0.137. The number of hydrogen-bond acceptors (Lipinski definition) is 2. The molecule has 0 unspecified atom stereocenters. The zero-order chi connectivity index (χ0) is 17.0. The minimum atomic E-state index is -0.443. The number of ether oxygens (including phenoxy) is 1. The van der Waals surface area contributed by atoms with Crippen LogP contribution < -0.4 is 5.32 Å². The summed E-state index contributed by atoms with van der Waals surface area (Å²) in [5.41, 5.74) is 2.23. The second kappa shape index (κ2) is 11.0. The molecule has 24 heavy (non-hydrogen) atoms. The van der Waals surface area contributed by atoms with Crippen molar-refractivity contribution in [1.29, 1.82) is 0 Å². The molecule has 0 aliphatic rings. The van der Waals surface area contributed by atoms with E-state index in [0.717, 1.165) is 17.7 Å². The summed E-state index contributed by atoms with van der Waals surface area (Å²) < 4.78 is 6.08. The van der Waals surface area contributed by atoms with Crippen LogP contribution in [0.25, 0.3) is 0 Å². The van der Waals surface area contributed by atoms with E-state index in [1.54, 1.807) is 0 Å². The van der Waals surface area contributed by atoms with Crippen LogP contribution in [0.3, 0.4) is 0 Å². The van der Waals surface area contributed by atoms with Crippen LogP contribution in [0.5, 0.6) is 0 Å². The van der Waals surface area contributed by atoms with E-state index in [0.29, 0.717) is 13.2 Å². The molecule has 2 aromatic carbocycles. The number of unbranched alkanes of at least 4 members (excludes halogenated alkanes) is 2. The van der Waals surface area contributed by atoms with Gasteiger partial charge in [-0.2, -0.15) is 0 Å². The summed E-state index contributed by atoms with van der Waals surface area (Å²) in [7, 11) is 0. The van der Waals surface area contributed by atoms with Crippen LogP contribution in [0.4, 0.5) is 0 Å². The molecule has 2 rings (SSSR count). The van der Waals surface area contributed by atoms with Crippen LogP contribution in [-0.2, 0) is 4.74 Å². The van der Waals surface area contributed by atoms with Gasteiger partial charge in [0.1, 0.15) is 18.8 Å². The van der Waals surface area contributed by atoms with E-state index >= 15 is 0 Å². The minimum Gasteiger partial charge on any atom is -0.385 e. The van der Waals surface area contributed by atoms with Crippen LogP contribution >= 0.6 is 0 Å². The molecule has 3 nitrogen and oxygen atoms in total. The molecule has 0 aliphatic heterocycles. The number of quaternary nitrogens is 1. The molecule has 0 heterocycles. The predicted octanol–water partition coefficient (Wildman–Crippen LogP) is 2.91. The number of aliphatic hydroxyl groups excluding tert-OH is 1. The van der Waals surface area contributed by atoms with Gasteiger partial charge in [0, 0.05) is 0 Å². The fourth-order valence-corrected chi connectivity index (χ4v) is 2.76. The monoisotopic (exact) mass is 328 g/mol. The summed E-state index contributed by atoms with van der Waals surface area (Å²) in [5.74, 6) is 0. The molecule has 3 N–H and O–H groups in total. The first-order chi connectivity index (χ1) is 11.8. The molecule has 0 spiro atoms. The van der Waals surface area contributed by atoms with Gasteiger partial charge < -0.3 is 15.2 Å². The van der Waals surface area contributed by atoms with Crippen LogP contribution in [0, 0.1) is 0 Å². The Bertz CT molecular complexity index is 505. The summed E-state index contributed by atoms with van der Waals surface area (Å²) in [4.78, 5) is 0. The van der Waals surface area contributed by atoms with E-state index in [9.17, 15) is 5.11 Å². The SMILES string of the molecule is CCCCC[NH2+]C[C@H](O)COC(c1ccccc1)c1ccccc1. The smallest absolute Gasteiger partial charge is 0.126 e. The van der Waals surface area contributed by atoms with Gasteiger partial charge in [0.2, 0.25) is 0 Å². The van der Waals surface area contributed by atoms with E-state index in [2.05, 4.69) is 36.5 Å². The van der Waals surface area contributed by atoms with Gasteiger partial charge in [-0.05, 0) is 24.0 Å². The molecular formula is C21H30NO2+. The van der Waals surface area contributed by atoms with Crippen molar-refractivity contribution in [3.8, 4) is 0 Å². The zero-order valence-electron chi connectivity index (χ0n) is 14.6. The van der Waals surface area contributed by atoms with E-state index in [4.69, 9.17) is 4.74 Å². The van der Waals surface area contributed by atoms with Crippen molar-refractivity contribution in [2.75, 3.05) is 19.7 Å². The Hall–Kier alpha value is -1.68. The topological polar surface area (TPSA) is 46.1 Å². The van der Waals surface area contributed by atoms with Crippen molar-refractivity contribution in [2.24, 2.45) is 0 Å². The highest BCUT2D eigenvalue weighted by Gasteiger charge is 2.17. The normalized spacial score (nSPS) is 12.5. The van der Waals surface area contributed by atoms with Gasteiger partial charge >= 0.3 is 0 Å². The quantitative estimate of drug-likeness (QED) is 0.623. The Balaban J connectivity index is 1.88. The van der Waals surface area contributed by atoms with Crippen molar-refractivity contribution in [2.45, 2.75) is 38.4 Å². The number of hydrogen-bond donors (Lipinski definition) is 2. The molecule has 2 aromatic rings. The summed E-state index contributed by atoms with van der Waals surface area (Å²) in [6.07, 6.45) is 3.12. The van der Waals surface area contributed by atoms with E-state index in [-0.39, 0.29) is 6.10 Å². The Morgan fingerprint density at radius 3 is 2.04 bits per heavy atom. The van der Waals surface area contributed by atoms with Crippen molar-refractivity contribution >= 4 is 0 Å². The molecule has 0 aliphatic carbocycles.